The number of carbonyl (C=O) groups excluding carboxylic acids is 1. The molecule has 6 nitrogen and oxygen atoms in total. The lowest BCUT2D eigenvalue weighted by atomic mass is 9.97. The largest absolute Gasteiger partial charge is 0.302 e. The van der Waals surface area contributed by atoms with Crippen molar-refractivity contribution in [3.63, 3.8) is 0 Å². The van der Waals surface area contributed by atoms with Crippen LogP contribution in [-0.4, -0.2) is 36.7 Å². The van der Waals surface area contributed by atoms with E-state index in [4.69, 9.17) is 0 Å². The number of aryl methyl sites for hydroxylation is 1. The maximum atomic E-state index is 13.1. The molecule has 1 saturated heterocycles. The van der Waals surface area contributed by atoms with Gasteiger partial charge in [0, 0.05) is 30.3 Å². The number of anilines is 1. The van der Waals surface area contributed by atoms with Gasteiger partial charge in [-0.1, -0.05) is 30.3 Å². The number of amides is 1. The minimum absolute atomic E-state index is 0.135. The normalized spacial score (nSPS) is 15.6. The number of halogens is 1. The van der Waals surface area contributed by atoms with Crippen molar-refractivity contribution in [2.75, 3.05) is 18.4 Å². The SMILES string of the molecule is Cc1nc(NC(=O)C2CCN(S(=O)(=O)c3ccccc3)CC2)sc1Cc1ccc(F)cc1. The number of rotatable bonds is 6. The summed E-state index contributed by atoms with van der Waals surface area (Å²) in [5.74, 6) is -0.670. The predicted molar refractivity (Wildman–Crippen MR) is 123 cm³/mol. The summed E-state index contributed by atoms with van der Waals surface area (Å²) in [5.41, 5.74) is 1.81. The maximum Gasteiger partial charge on any atom is 0.243 e. The van der Waals surface area contributed by atoms with Gasteiger partial charge in [-0.3, -0.25) is 4.79 Å². The van der Waals surface area contributed by atoms with Gasteiger partial charge in [0.2, 0.25) is 15.9 Å². The molecule has 0 aliphatic carbocycles. The highest BCUT2D eigenvalue weighted by atomic mass is 32.2. The molecule has 1 aliphatic rings. The highest BCUT2D eigenvalue weighted by Gasteiger charge is 2.32. The van der Waals surface area contributed by atoms with Gasteiger partial charge in [-0.25, -0.2) is 17.8 Å². The Morgan fingerprint density at radius 2 is 1.78 bits per heavy atom. The van der Waals surface area contributed by atoms with Crippen LogP contribution < -0.4 is 5.32 Å². The molecule has 9 heteroatoms. The van der Waals surface area contributed by atoms with Gasteiger partial charge in [0.05, 0.1) is 10.6 Å². The summed E-state index contributed by atoms with van der Waals surface area (Å²) in [6.45, 7) is 2.50. The first-order chi connectivity index (χ1) is 15.3. The molecule has 1 fully saturated rings. The van der Waals surface area contributed by atoms with Crippen LogP contribution in [0, 0.1) is 18.7 Å². The second-order valence-electron chi connectivity index (χ2n) is 7.81. The third-order valence-corrected chi connectivity index (χ3v) is 8.59. The van der Waals surface area contributed by atoms with Gasteiger partial charge in [-0.05, 0) is 49.6 Å². The summed E-state index contributed by atoms with van der Waals surface area (Å²) >= 11 is 1.41. The second kappa shape index (κ2) is 9.48. The second-order valence-corrected chi connectivity index (χ2v) is 10.8. The van der Waals surface area contributed by atoms with Gasteiger partial charge in [0.25, 0.3) is 0 Å². The lowest BCUT2D eigenvalue weighted by Gasteiger charge is -2.30. The molecule has 0 unspecified atom stereocenters. The van der Waals surface area contributed by atoms with Crippen LogP contribution in [0.25, 0.3) is 0 Å². The Labute approximate surface area is 191 Å². The summed E-state index contributed by atoms with van der Waals surface area (Å²) < 4.78 is 40.1. The summed E-state index contributed by atoms with van der Waals surface area (Å²) in [4.78, 5) is 18.5. The average molecular weight is 474 g/mol. The van der Waals surface area contributed by atoms with Gasteiger partial charge in [0.1, 0.15) is 5.82 Å². The smallest absolute Gasteiger partial charge is 0.243 e. The fourth-order valence-corrected chi connectivity index (χ4v) is 6.23. The van der Waals surface area contributed by atoms with Gasteiger partial charge < -0.3 is 5.32 Å². The standard InChI is InChI=1S/C23H24FN3O3S2/c1-16-21(15-17-7-9-19(24)10-8-17)31-23(25-16)26-22(28)18-11-13-27(14-12-18)32(29,30)20-5-3-2-4-6-20/h2-10,18H,11-15H2,1H3,(H,25,26,28). The fraction of sp³-hybridized carbons (Fsp3) is 0.304. The molecule has 3 aromatic rings. The predicted octanol–water partition coefficient (Wildman–Crippen LogP) is 4.22. The highest BCUT2D eigenvalue weighted by Crippen LogP contribution is 2.28. The molecule has 0 radical (unpaired) electrons. The topological polar surface area (TPSA) is 79.4 Å². The van der Waals surface area contributed by atoms with Crippen molar-refractivity contribution in [1.82, 2.24) is 9.29 Å². The molecule has 0 saturated carbocycles. The lowest BCUT2D eigenvalue weighted by Crippen LogP contribution is -2.41. The summed E-state index contributed by atoms with van der Waals surface area (Å²) in [7, 11) is -3.54. The van der Waals surface area contributed by atoms with E-state index in [0.717, 1.165) is 16.1 Å². The molecule has 4 rings (SSSR count). The van der Waals surface area contributed by atoms with Crippen LogP contribution in [0.3, 0.4) is 0 Å². The van der Waals surface area contributed by atoms with Gasteiger partial charge in [-0.15, -0.1) is 11.3 Å². The zero-order valence-electron chi connectivity index (χ0n) is 17.6. The quantitative estimate of drug-likeness (QED) is 0.581. The van der Waals surface area contributed by atoms with Crippen molar-refractivity contribution in [3.05, 3.63) is 76.5 Å². The summed E-state index contributed by atoms with van der Waals surface area (Å²) in [6, 6.07) is 14.7. The van der Waals surface area contributed by atoms with E-state index in [2.05, 4.69) is 10.3 Å². The lowest BCUT2D eigenvalue weighted by molar-refractivity contribution is -0.120. The van der Waals surface area contributed by atoms with E-state index < -0.39 is 10.0 Å². The molecule has 1 N–H and O–H groups in total. The van der Waals surface area contributed by atoms with Crippen LogP contribution >= 0.6 is 11.3 Å². The minimum atomic E-state index is -3.54. The van der Waals surface area contributed by atoms with Crippen LogP contribution in [0.5, 0.6) is 0 Å². The molecule has 2 aromatic carbocycles. The fourth-order valence-electron chi connectivity index (χ4n) is 3.74. The Balaban J connectivity index is 1.35. The van der Waals surface area contributed by atoms with Gasteiger partial charge in [-0.2, -0.15) is 4.31 Å². The number of hydrogen-bond donors (Lipinski definition) is 1. The third kappa shape index (κ3) is 5.06. The molecule has 168 valence electrons. The zero-order chi connectivity index (χ0) is 22.7. The van der Waals surface area contributed by atoms with Crippen molar-refractivity contribution < 1.29 is 17.6 Å². The van der Waals surface area contributed by atoms with E-state index in [1.54, 1.807) is 42.5 Å². The molecule has 0 spiro atoms. The minimum Gasteiger partial charge on any atom is -0.302 e. The third-order valence-electron chi connectivity index (χ3n) is 5.61. The van der Waals surface area contributed by atoms with Crippen LogP contribution in [0.15, 0.2) is 59.5 Å². The Hall–Kier alpha value is -2.62. The molecule has 0 atom stereocenters. The molecule has 1 aromatic heterocycles. The first kappa shape index (κ1) is 22.6. The maximum absolute atomic E-state index is 13.1. The number of benzene rings is 2. The van der Waals surface area contributed by atoms with E-state index in [-0.39, 0.29) is 22.5 Å². The van der Waals surface area contributed by atoms with Crippen LogP contribution in [-0.2, 0) is 21.2 Å². The van der Waals surface area contributed by atoms with Crippen LogP contribution in [0.2, 0.25) is 0 Å². The Morgan fingerprint density at radius 1 is 1.12 bits per heavy atom. The molecule has 2 heterocycles. The molecular weight excluding hydrogens is 449 g/mol. The molecular formula is C23H24FN3O3S2. The Kier molecular flexibility index (Phi) is 6.68. The first-order valence-corrected chi connectivity index (χ1v) is 12.7. The Bertz CT molecular complexity index is 1190. The van der Waals surface area contributed by atoms with Crippen molar-refractivity contribution in [2.24, 2.45) is 5.92 Å². The summed E-state index contributed by atoms with van der Waals surface area (Å²) in [5, 5.41) is 3.42. The van der Waals surface area contributed by atoms with Crippen LogP contribution in [0.1, 0.15) is 29.0 Å². The van der Waals surface area contributed by atoms with Crippen molar-refractivity contribution in [3.8, 4) is 0 Å². The van der Waals surface area contributed by atoms with Crippen LogP contribution in [0.4, 0.5) is 9.52 Å². The van der Waals surface area contributed by atoms with E-state index >= 15 is 0 Å². The number of sulfonamides is 1. The highest BCUT2D eigenvalue weighted by molar-refractivity contribution is 7.89. The number of aromatic nitrogens is 1. The Morgan fingerprint density at radius 3 is 2.44 bits per heavy atom. The van der Waals surface area contributed by atoms with E-state index in [1.807, 2.05) is 6.92 Å². The van der Waals surface area contributed by atoms with E-state index in [1.165, 1.54) is 27.8 Å². The number of thiazole rings is 1. The zero-order valence-corrected chi connectivity index (χ0v) is 19.3. The molecule has 0 bridgehead atoms. The van der Waals surface area contributed by atoms with Crippen molar-refractivity contribution >= 4 is 32.4 Å². The molecule has 1 amide bonds. The number of carbonyl (C=O) groups is 1. The monoisotopic (exact) mass is 473 g/mol. The first-order valence-electron chi connectivity index (χ1n) is 10.4. The van der Waals surface area contributed by atoms with Crippen molar-refractivity contribution in [1.29, 1.82) is 0 Å². The molecule has 1 aliphatic heterocycles. The van der Waals surface area contributed by atoms with E-state index in [0.29, 0.717) is 37.5 Å². The van der Waals surface area contributed by atoms with E-state index in [9.17, 15) is 17.6 Å². The number of nitrogens with zero attached hydrogens (tertiary/aromatic N) is 2. The number of piperidine rings is 1. The van der Waals surface area contributed by atoms with Gasteiger partial charge in [0.15, 0.2) is 5.13 Å². The average Bonchev–Trinajstić information content (AvgIpc) is 3.14. The molecule has 32 heavy (non-hydrogen) atoms. The summed E-state index contributed by atoms with van der Waals surface area (Å²) in [6.07, 6.45) is 1.55. The number of hydrogen-bond acceptors (Lipinski definition) is 5. The van der Waals surface area contributed by atoms with Crippen molar-refractivity contribution in [2.45, 2.75) is 31.1 Å². The van der Waals surface area contributed by atoms with Gasteiger partial charge >= 0.3 is 0 Å². The number of nitrogens with one attached hydrogen (secondary N) is 1.